The van der Waals surface area contributed by atoms with Gasteiger partial charge in [-0.05, 0) is 49.8 Å². The molecule has 0 saturated carbocycles. The van der Waals surface area contributed by atoms with E-state index in [1.54, 1.807) is 6.92 Å². The van der Waals surface area contributed by atoms with Gasteiger partial charge in [0.05, 0.1) is 0 Å². The van der Waals surface area contributed by atoms with Crippen molar-refractivity contribution in [2.24, 2.45) is 0 Å². The molecule has 1 aromatic rings. The van der Waals surface area contributed by atoms with E-state index in [0.717, 1.165) is 38.8 Å². The largest absolute Gasteiger partial charge is 0.481 e. The number of carbonyl (C=O) groups excluding carboxylic acids is 2. The van der Waals surface area contributed by atoms with Gasteiger partial charge in [0.25, 0.3) is 5.91 Å². The lowest BCUT2D eigenvalue weighted by atomic mass is 10.0. The fraction of sp³-hybridized carbons (Fsp3) is 0.636. The number of benzene rings is 1. The summed E-state index contributed by atoms with van der Waals surface area (Å²) in [4.78, 5) is 26.4. The second kappa shape index (κ2) is 10.3. The highest BCUT2D eigenvalue weighted by Gasteiger charge is 2.25. The molecule has 5 nitrogen and oxygen atoms in total. The zero-order chi connectivity index (χ0) is 19.8. The van der Waals surface area contributed by atoms with Gasteiger partial charge in [-0.2, -0.15) is 0 Å². The maximum Gasteiger partial charge on any atom is 0.260 e. The molecule has 0 aliphatic carbocycles. The molecule has 0 bridgehead atoms. The van der Waals surface area contributed by atoms with Crippen LogP contribution in [0.2, 0.25) is 0 Å². The molecule has 27 heavy (non-hydrogen) atoms. The van der Waals surface area contributed by atoms with E-state index in [1.165, 1.54) is 5.56 Å². The Morgan fingerprint density at radius 3 is 2.33 bits per heavy atom. The third-order valence-electron chi connectivity index (χ3n) is 5.17. The fourth-order valence-electron chi connectivity index (χ4n) is 3.27. The average Bonchev–Trinajstić information content (AvgIpc) is 2.67. The first kappa shape index (κ1) is 21.3. The summed E-state index contributed by atoms with van der Waals surface area (Å²) in [6.45, 7) is 9.61. The van der Waals surface area contributed by atoms with Crippen molar-refractivity contribution in [1.82, 2.24) is 10.2 Å². The summed E-state index contributed by atoms with van der Waals surface area (Å²) in [6.07, 6.45) is 3.69. The Kier molecular flexibility index (Phi) is 8.14. The highest BCUT2D eigenvalue weighted by molar-refractivity contribution is 5.81. The van der Waals surface area contributed by atoms with Crippen LogP contribution in [0, 0.1) is 0 Å². The van der Waals surface area contributed by atoms with E-state index in [2.05, 4.69) is 26.1 Å². The highest BCUT2D eigenvalue weighted by atomic mass is 16.5. The number of nitrogens with one attached hydrogen (secondary N) is 1. The standard InChI is InChI=1S/C22H34N2O3/c1-5-6-7-21(25)24-14-12-19(13-15-24)23-22(26)17(4)27-20-10-8-18(9-11-20)16(2)3/h8-11,16-17,19H,5-7,12-15H2,1-4H3,(H,23,26). The molecule has 1 unspecified atom stereocenters. The van der Waals surface area contributed by atoms with Gasteiger partial charge in [0.2, 0.25) is 5.91 Å². The number of carbonyl (C=O) groups is 2. The van der Waals surface area contributed by atoms with Crippen molar-refractivity contribution in [1.29, 1.82) is 0 Å². The Morgan fingerprint density at radius 1 is 1.15 bits per heavy atom. The summed E-state index contributed by atoms with van der Waals surface area (Å²) in [5, 5.41) is 3.07. The Hall–Kier alpha value is -2.04. The zero-order valence-corrected chi connectivity index (χ0v) is 17.2. The molecular formula is C22H34N2O3. The lowest BCUT2D eigenvalue weighted by Crippen LogP contribution is -2.49. The highest BCUT2D eigenvalue weighted by Crippen LogP contribution is 2.20. The topological polar surface area (TPSA) is 58.6 Å². The number of likely N-dealkylation sites (tertiary alicyclic amines) is 1. The van der Waals surface area contributed by atoms with E-state index >= 15 is 0 Å². The monoisotopic (exact) mass is 374 g/mol. The Labute approximate surface area is 163 Å². The number of nitrogens with zero attached hydrogens (tertiary/aromatic N) is 1. The number of unbranched alkanes of at least 4 members (excludes halogenated alkanes) is 1. The summed E-state index contributed by atoms with van der Waals surface area (Å²) in [7, 11) is 0. The van der Waals surface area contributed by atoms with E-state index < -0.39 is 6.10 Å². The maximum absolute atomic E-state index is 12.4. The molecule has 1 saturated heterocycles. The van der Waals surface area contributed by atoms with E-state index in [4.69, 9.17) is 4.74 Å². The first-order valence-electron chi connectivity index (χ1n) is 10.3. The Morgan fingerprint density at radius 2 is 1.78 bits per heavy atom. The van der Waals surface area contributed by atoms with Crippen LogP contribution < -0.4 is 10.1 Å². The minimum absolute atomic E-state index is 0.0984. The van der Waals surface area contributed by atoms with Crippen LogP contribution in [-0.4, -0.2) is 41.9 Å². The van der Waals surface area contributed by atoms with Crippen molar-refractivity contribution in [2.45, 2.75) is 77.9 Å². The van der Waals surface area contributed by atoms with Crippen LogP contribution in [0.25, 0.3) is 0 Å². The molecular weight excluding hydrogens is 340 g/mol. The van der Waals surface area contributed by atoms with Gasteiger partial charge < -0.3 is 15.0 Å². The molecule has 0 aromatic heterocycles. The number of hydrogen-bond acceptors (Lipinski definition) is 3. The molecule has 1 heterocycles. The molecule has 5 heteroatoms. The smallest absolute Gasteiger partial charge is 0.260 e. The van der Waals surface area contributed by atoms with E-state index in [0.29, 0.717) is 18.1 Å². The summed E-state index contributed by atoms with van der Waals surface area (Å²) in [5.41, 5.74) is 1.25. The van der Waals surface area contributed by atoms with Crippen LogP contribution in [-0.2, 0) is 9.59 Å². The third kappa shape index (κ3) is 6.56. The molecule has 0 spiro atoms. The second-order valence-electron chi connectivity index (χ2n) is 7.75. The van der Waals surface area contributed by atoms with Crippen LogP contribution in [0.3, 0.4) is 0 Å². The predicted octanol–water partition coefficient (Wildman–Crippen LogP) is 3.87. The van der Waals surface area contributed by atoms with Crippen molar-refractivity contribution in [3.63, 3.8) is 0 Å². The molecule has 2 amide bonds. The van der Waals surface area contributed by atoms with E-state index in [-0.39, 0.29) is 17.9 Å². The molecule has 1 N–H and O–H groups in total. The minimum Gasteiger partial charge on any atom is -0.481 e. The van der Waals surface area contributed by atoms with Crippen molar-refractivity contribution in [2.75, 3.05) is 13.1 Å². The van der Waals surface area contributed by atoms with Crippen LogP contribution in [0.1, 0.15) is 71.3 Å². The van der Waals surface area contributed by atoms with Gasteiger partial charge >= 0.3 is 0 Å². The molecule has 150 valence electrons. The Bertz CT molecular complexity index is 604. The summed E-state index contributed by atoms with van der Waals surface area (Å²) >= 11 is 0. The average molecular weight is 375 g/mol. The van der Waals surface area contributed by atoms with Crippen LogP contribution >= 0.6 is 0 Å². The van der Waals surface area contributed by atoms with Crippen molar-refractivity contribution >= 4 is 11.8 Å². The molecule has 1 aliphatic rings. The van der Waals surface area contributed by atoms with Gasteiger partial charge in [0, 0.05) is 25.6 Å². The first-order chi connectivity index (χ1) is 12.9. The van der Waals surface area contributed by atoms with Gasteiger partial charge in [-0.25, -0.2) is 0 Å². The second-order valence-corrected chi connectivity index (χ2v) is 7.75. The quantitative estimate of drug-likeness (QED) is 0.751. The molecule has 2 rings (SSSR count). The van der Waals surface area contributed by atoms with Gasteiger partial charge in [0.1, 0.15) is 5.75 Å². The summed E-state index contributed by atoms with van der Waals surface area (Å²) < 4.78 is 5.78. The number of rotatable bonds is 8. The molecule has 1 aromatic carbocycles. The fourth-order valence-corrected chi connectivity index (χ4v) is 3.27. The SMILES string of the molecule is CCCCC(=O)N1CCC(NC(=O)C(C)Oc2ccc(C(C)C)cc2)CC1. The number of piperidine rings is 1. The normalized spacial score (nSPS) is 16.3. The first-order valence-corrected chi connectivity index (χ1v) is 10.3. The van der Waals surface area contributed by atoms with Gasteiger partial charge in [-0.15, -0.1) is 0 Å². The van der Waals surface area contributed by atoms with Gasteiger partial charge in [-0.3, -0.25) is 9.59 Å². The summed E-state index contributed by atoms with van der Waals surface area (Å²) in [6, 6.07) is 8.02. The minimum atomic E-state index is -0.542. The van der Waals surface area contributed by atoms with Gasteiger partial charge in [0.15, 0.2) is 6.10 Å². The van der Waals surface area contributed by atoms with Crippen LogP contribution in [0.15, 0.2) is 24.3 Å². The number of hydrogen-bond donors (Lipinski definition) is 1. The van der Waals surface area contributed by atoms with Crippen LogP contribution in [0.4, 0.5) is 0 Å². The molecule has 0 radical (unpaired) electrons. The van der Waals surface area contributed by atoms with Crippen LogP contribution in [0.5, 0.6) is 5.75 Å². The van der Waals surface area contributed by atoms with Gasteiger partial charge in [-0.1, -0.05) is 39.3 Å². The summed E-state index contributed by atoms with van der Waals surface area (Å²) in [5.74, 6) is 1.32. The van der Waals surface area contributed by atoms with Crippen molar-refractivity contribution in [3.8, 4) is 5.75 Å². The van der Waals surface area contributed by atoms with Crippen molar-refractivity contribution < 1.29 is 14.3 Å². The van der Waals surface area contributed by atoms with E-state index in [9.17, 15) is 9.59 Å². The Balaban J connectivity index is 1.75. The third-order valence-corrected chi connectivity index (χ3v) is 5.17. The molecule has 1 aliphatic heterocycles. The molecule has 1 fully saturated rings. The number of ether oxygens (including phenoxy) is 1. The molecule has 1 atom stereocenters. The lowest BCUT2D eigenvalue weighted by molar-refractivity contribution is -0.132. The number of amides is 2. The predicted molar refractivity (Wildman–Crippen MR) is 108 cm³/mol. The zero-order valence-electron chi connectivity index (χ0n) is 17.2. The lowest BCUT2D eigenvalue weighted by Gasteiger charge is -2.33. The van der Waals surface area contributed by atoms with E-state index in [1.807, 2.05) is 29.2 Å². The van der Waals surface area contributed by atoms with Crippen molar-refractivity contribution in [3.05, 3.63) is 29.8 Å². The maximum atomic E-state index is 12.4.